The monoisotopic (exact) mass is 385 g/mol. The predicted octanol–water partition coefficient (Wildman–Crippen LogP) is 2.33. The Morgan fingerprint density at radius 2 is 1.89 bits per heavy atom. The summed E-state index contributed by atoms with van der Waals surface area (Å²) in [7, 11) is 0. The van der Waals surface area contributed by atoms with Gasteiger partial charge in [-0.1, -0.05) is 26.8 Å². The summed E-state index contributed by atoms with van der Waals surface area (Å²) in [4.78, 5) is 43.2. The topological polar surface area (TPSA) is 81.0 Å². The number of fused-ring (bicyclic) bond motifs is 1. The van der Waals surface area contributed by atoms with Gasteiger partial charge in [0, 0.05) is 30.8 Å². The van der Waals surface area contributed by atoms with Crippen molar-refractivity contribution in [1.29, 1.82) is 0 Å². The molecular formula is C21H27N3O4. The number of esters is 1. The first kappa shape index (κ1) is 20.0. The maximum Gasteiger partial charge on any atom is 0.309 e. The zero-order valence-corrected chi connectivity index (χ0v) is 16.9. The van der Waals surface area contributed by atoms with Crippen molar-refractivity contribution in [2.24, 2.45) is 11.3 Å². The summed E-state index contributed by atoms with van der Waals surface area (Å²) in [6.07, 6.45) is 2.91. The summed E-state index contributed by atoms with van der Waals surface area (Å²) in [6, 6.07) is 5.04. The third-order valence-corrected chi connectivity index (χ3v) is 4.98. The highest BCUT2D eigenvalue weighted by Crippen LogP contribution is 2.24. The van der Waals surface area contributed by atoms with Gasteiger partial charge in [-0.05, 0) is 31.4 Å². The largest absolute Gasteiger partial charge is 0.459 e. The molecule has 0 N–H and O–H groups in total. The number of carbonyl (C=O) groups excluding carboxylic acids is 2. The van der Waals surface area contributed by atoms with Gasteiger partial charge in [0.1, 0.15) is 12.3 Å². The lowest BCUT2D eigenvalue weighted by atomic mass is 9.91. The van der Waals surface area contributed by atoms with Gasteiger partial charge >= 0.3 is 5.97 Å². The smallest absolute Gasteiger partial charge is 0.309 e. The molecule has 0 unspecified atom stereocenters. The number of ether oxygens (including phenoxy) is 1. The molecule has 1 aliphatic heterocycles. The van der Waals surface area contributed by atoms with Gasteiger partial charge in [0.2, 0.25) is 5.91 Å². The van der Waals surface area contributed by atoms with Crippen LogP contribution < -0.4 is 5.56 Å². The summed E-state index contributed by atoms with van der Waals surface area (Å²) in [5.41, 5.74) is 1.31. The number of carbonyl (C=O) groups is 2. The van der Waals surface area contributed by atoms with E-state index in [1.165, 1.54) is 10.5 Å². The van der Waals surface area contributed by atoms with E-state index in [2.05, 4.69) is 4.98 Å². The summed E-state index contributed by atoms with van der Waals surface area (Å²) in [6.45, 7) is 8.69. The number of hydrogen-bond donors (Lipinski definition) is 0. The van der Waals surface area contributed by atoms with Gasteiger partial charge in [-0.15, -0.1) is 0 Å². The molecule has 2 aromatic heterocycles. The molecule has 28 heavy (non-hydrogen) atoms. The second-order valence-electron chi connectivity index (χ2n) is 8.44. The highest BCUT2D eigenvalue weighted by Gasteiger charge is 2.33. The fourth-order valence-corrected chi connectivity index (χ4v) is 3.39. The molecule has 2 aromatic rings. The molecule has 1 saturated heterocycles. The molecule has 0 radical (unpaired) electrons. The van der Waals surface area contributed by atoms with Crippen molar-refractivity contribution in [3.8, 4) is 0 Å². The Hall–Kier alpha value is -2.70. The molecule has 1 aliphatic rings. The number of amides is 1. The van der Waals surface area contributed by atoms with E-state index in [0.717, 1.165) is 5.56 Å². The number of rotatable bonds is 3. The van der Waals surface area contributed by atoms with Gasteiger partial charge in [-0.3, -0.25) is 18.8 Å². The highest BCUT2D eigenvalue weighted by molar-refractivity contribution is 5.82. The average molecular weight is 385 g/mol. The predicted molar refractivity (Wildman–Crippen MR) is 105 cm³/mol. The fourth-order valence-electron chi connectivity index (χ4n) is 3.39. The van der Waals surface area contributed by atoms with Crippen LogP contribution in [-0.2, 0) is 20.9 Å². The Kier molecular flexibility index (Phi) is 5.54. The molecule has 7 nitrogen and oxygen atoms in total. The molecule has 0 spiro atoms. The standard InChI is InChI=1S/C21H27N3O4/c1-14-5-6-17-22-16(11-18(25)24(17)12-14)13-28-19(26)15-7-9-23(10-8-15)20(27)21(2,3)4/h5-6,11-12,15H,7-10,13H2,1-4H3. The van der Waals surface area contributed by atoms with Crippen LogP contribution in [0.3, 0.4) is 0 Å². The van der Waals surface area contributed by atoms with Gasteiger partial charge in [-0.25, -0.2) is 4.98 Å². The molecule has 7 heteroatoms. The normalized spacial score (nSPS) is 15.6. The van der Waals surface area contributed by atoms with Crippen LogP contribution in [0, 0.1) is 18.3 Å². The van der Waals surface area contributed by atoms with E-state index in [4.69, 9.17) is 4.74 Å². The molecule has 1 fully saturated rings. The number of aromatic nitrogens is 2. The van der Waals surface area contributed by atoms with Crippen molar-refractivity contribution in [1.82, 2.24) is 14.3 Å². The molecule has 0 saturated carbocycles. The first-order valence-electron chi connectivity index (χ1n) is 9.60. The molecule has 0 bridgehead atoms. The van der Waals surface area contributed by atoms with Crippen molar-refractivity contribution in [3.05, 3.63) is 46.0 Å². The number of piperidine rings is 1. The summed E-state index contributed by atoms with van der Waals surface area (Å²) < 4.78 is 6.88. The van der Waals surface area contributed by atoms with Gasteiger partial charge in [0.15, 0.2) is 0 Å². The van der Waals surface area contributed by atoms with E-state index in [1.54, 1.807) is 12.3 Å². The van der Waals surface area contributed by atoms with Crippen LogP contribution >= 0.6 is 0 Å². The molecule has 3 heterocycles. The van der Waals surface area contributed by atoms with E-state index in [1.807, 2.05) is 38.7 Å². The van der Waals surface area contributed by atoms with E-state index < -0.39 is 5.41 Å². The maximum absolute atomic E-state index is 12.4. The fraction of sp³-hybridized carbons (Fsp3) is 0.524. The SMILES string of the molecule is Cc1ccc2nc(COC(=O)C3CCN(C(=O)C(C)(C)C)CC3)cc(=O)n2c1. The maximum atomic E-state index is 12.4. The zero-order valence-electron chi connectivity index (χ0n) is 16.9. The minimum atomic E-state index is -0.415. The molecule has 0 atom stereocenters. The number of nitrogens with zero attached hydrogens (tertiary/aromatic N) is 3. The Bertz CT molecular complexity index is 950. The lowest BCUT2D eigenvalue weighted by Gasteiger charge is -2.34. The van der Waals surface area contributed by atoms with Crippen molar-refractivity contribution in [2.75, 3.05) is 13.1 Å². The van der Waals surface area contributed by atoms with Crippen LogP contribution in [0.2, 0.25) is 0 Å². The minimum Gasteiger partial charge on any atom is -0.459 e. The second kappa shape index (κ2) is 7.73. The number of pyridine rings is 1. The van der Waals surface area contributed by atoms with Crippen LogP contribution in [0.5, 0.6) is 0 Å². The minimum absolute atomic E-state index is 0.0282. The molecule has 3 rings (SSSR count). The van der Waals surface area contributed by atoms with E-state index in [-0.39, 0.29) is 30.0 Å². The van der Waals surface area contributed by atoms with Gasteiger partial charge < -0.3 is 9.64 Å². The van der Waals surface area contributed by atoms with Gasteiger partial charge in [-0.2, -0.15) is 0 Å². The molecule has 0 aliphatic carbocycles. The summed E-state index contributed by atoms with van der Waals surface area (Å²) >= 11 is 0. The first-order valence-corrected chi connectivity index (χ1v) is 9.60. The third-order valence-electron chi connectivity index (χ3n) is 4.98. The average Bonchev–Trinajstić information content (AvgIpc) is 2.65. The number of aryl methyl sites for hydroxylation is 1. The highest BCUT2D eigenvalue weighted by atomic mass is 16.5. The van der Waals surface area contributed by atoms with Crippen molar-refractivity contribution in [3.63, 3.8) is 0 Å². The molecular weight excluding hydrogens is 358 g/mol. The van der Waals surface area contributed by atoms with E-state index in [9.17, 15) is 14.4 Å². The lowest BCUT2D eigenvalue weighted by molar-refractivity contribution is -0.154. The summed E-state index contributed by atoms with van der Waals surface area (Å²) in [5.74, 6) is -0.419. The van der Waals surface area contributed by atoms with E-state index in [0.29, 0.717) is 37.3 Å². The number of likely N-dealkylation sites (tertiary alicyclic amines) is 1. The first-order chi connectivity index (χ1) is 13.1. The van der Waals surface area contributed by atoms with Gasteiger partial charge in [0.05, 0.1) is 11.6 Å². The van der Waals surface area contributed by atoms with Crippen molar-refractivity contribution < 1.29 is 14.3 Å². The molecule has 150 valence electrons. The summed E-state index contributed by atoms with van der Waals surface area (Å²) in [5, 5.41) is 0. The van der Waals surface area contributed by atoms with Crippen molar-refractivity contribution >= 4 is 17.5 Å². The number of hydrogen-bond acceptors (Lipinski definition) is 5. The van der Waals surface area contributed by atoms with Crippen molar-refractivity contribution in [2.45, 2.75) is 47.1 Å². The zero-order chi connectivity index (χ0) is 20.5. The molecule has 1 amide bonds. The Morgan fingerprint density at radius 1 is 1.21 bits per heavy atom. The van der Waals surface area contributed by atoms with E-state index >= 15 is 0 Å². The quantitative estimate of drug-likeness (QED) is 0.758. The van der Waals surface area contributed by atoms with Crippen LogP contribution in [0.1, 0.15) is 44.9 Å². The van der Waals surface area contributed by atoms with Crippen LogP contribution in [0.15, 0.2) is 29.2 Å². The van der Waals surface area contributed by atoms with Crippen LogP contribution in [0.25, 0.3) is 5.65 Å². The van der Waals surface area contributed by atoms with Crippen LogP contribution in [0.4, 0.5) is 0 Å². The third kappa shape index (κ3) is 4.40. The lowest BCUT2D eigenvalue weighted by Crippen LogP contribution is -2.45. The molecule has 0 aromatic carbocycles. The Balaban J connectivity index is 1.58. The second-order valence-corrected chi connectivity index (χ2v) is 8.44. The Morgan fingerprint density at radius 3 is 2.54 bits per heavy atom. The Labute approximate surface area is 164 Å². The van der Waals surface area contributed by atoms with Gasteiger partial charge in [0.25, 0.3) is 5.56 Å². The van der Waals surface area contributed by atoms with Crippen LogP contribution in [-0.4, -0.2) is 39.3 Å².